The van der Waals surface area contributed by atoms with Crippen molar-refractivity contribution in [1.29, 1.82) is 0 Å². The third-order valence-electron chi connectivity index (χ3n) is 4.49. The van der Waals surface area contributed by atoms with E-state index in [1.54, 1.807) is 13.2 Å². The third-order valence-corrected chi connectivity index (χ3v) is 4.49. The second kappa shape index (κ2) is 7.25. The Morgan fingerprint density at radius 3 is 2.77 bits per heavy atom. The topological polar surface area (TPSA) is 67.2 Å². The molecule has 0 saturated heterocycles. The minimum absolute atomic E-state index is 0.153. The molecule has 1 aromatic carbocycles. The highest BCUT2D eigenvalue weighted by molar-refractivity contribution is 6.07. The number of pyridine rings is 2. The van der Waals surface area contributed by atoms with Gasteiger partial charge in [0.05, 0.1) is 22.0 Å². The van der Waals surface area contributed by atoms with Crippen molar-refractivity contribution in [1.82, 2.24) is 19.8 Å². The Morgan fingerprint density at radius 2 is 2.04 bits per heavy atom. The van der Waals surface area contributed by atoms with Crippen LogP contribution in [0.1, 0.15) is 22.3 Å². The van der Waals surface area contributed by atoms with Gasteiger partial charge < -0.3 is 14.8 Å². The third kappa shape index (κ3) is 3.46. The summed E-state index contributed by atoms with van der Waals surface area (Å²) in [7, 11) is 5.66. The number of nitrogens with zero attached hydrogens (tertiary/aromatic N) is 3. The van der Waals surface area contributed by atoms with Crippen LogP contribution in [0.4, 0.5) is 0 Å². The highest BCUT2D eigenvalue weighted by Gasteiger charge is 2.16. The van der Waals surface area contributed by atoms with Gasteiger partial charge in [-0.2, -0.15) is 0 Å². The fourth-order valence-corrected chi connectivity index (χ4v) is 3.08. The summed E-state index contributed by atoms with van der Waals surface area (Å²) >= 11 is 0. The van der Waals surface area contributed by atoms with Crippen LogP contribution in [0.2, 0.25) is 0 Å². The Bertz CT molecular complexity index is 1040. The summed E-state index contributed by atoms with van der Waals surface area (Å²) in [5, 5.41) is 4.30. The summed E-state index contributed by atoms with van der Waals surface area (Å²) in [5.74, 6) is -0.204. The van der Waals surface area contributed by atoms with Gasteiger partial charge in [0.25, 0.3) is 11.5 Å². The lowest BCUT2D eigenvalue weighted by atomic mass is 10.1. The standard InChI is InChI=1S/C20H24N4O2/c1-13-7-5-8-14-11-15-18(22-17(13)14)16(12-24(4)20(15)26)19(25)21-9-6-10-23(2)3/h5,7-8,11-12H,6,9-10H2,1-4H3,(H,21,25). The number of carbonyl (C=O) groups is 1. The predicted octanol–water partition coefficient (Wildman–Crippen LogP) is 2.08. The van der Waals surface area contributed by atoms with Gasteiger partial charge in [0, 0.05) is 25.2 Å². The molecule has 2 aromatic heterocycles. The lowest BCUT2D eigenvalue weighted by Gasteiger charge is -2.12. The Balaban J connectivity index is 2.07. The van der Waals surface area contributed by atoms with Crippen molar-refractivity contribution in [2.24, 2.45) is 7.05 Å². The van der Waals surface area contributed by atoms with Gasteiger partial charge in [0.1, 0.15) is 0 Å². The zero-order chi connectivity index (χ0) is 18.8. The van der Waals surface area contributed by atoms with Gasteiger partial charge in [-0.1, -0.05) is 18.2 Å². The van der Waals surface area contributed by atoms with E-state index >= 15 is 0 Å². The summed E-state index contributed by atoms with van der Waals surface area (Å²) in [6.07, 6.45) is 2.43. The first-order valence-electron chi connectivity index (χ1n) is 8.71. The molecule has 26 heavy (non-hydrogen) atoms. The number of fused-ring (bicyclic) bond motifs is 2. The maximum atomic E-state index is 12.7. The number of amides is 1. The molecule has 136 valence electrons. The van der Waals surface area contributed by atoms with Crippen molar-refractivity contribution < 1.29 is 4.79 Å². The molecule has 0 bridgehead atoms. The molecule has 1 N–H and O–H groups in total. The van der Waals surface area contributed by atoms with Gasteiger partial charge >= 0.3 is 0 Å². The zero-order valence-corrected chi connectivity index (χ0v) is 15.7. The first-order chi connectivity index (χ1) is 12.4. The number of carbonyl (C=O) groups excluding carboxylic acids is 1. The summed E-state index contributed by atoms with van der Waals surface area (Å²) < 4.78 is 1.44. The van der Waals surface area contributed by atoms with Crippen molar-refractivity contribution in [3.8, 4) is 0 Å². The second-order valence-corrected chi connectivity index (χ2v) is 6.90. The Kier molecular flexibility index (Phi) is 5.04. The van der Waals surface area contributed by atoms with Gasteiger partial charge in [-0.05, 0) is 45.6 Å². The molecule has 3 rings (SSSR count). The van der Waals surface area contributed by atoms with Crippen molar-refractivity contribution in [3.63, 3.8) is 0 Å². The smallest absolute Gasteiger partial charge is 0.259 e. The zero-order valence-electron chi connectivity index (χ0n) is 15.7. The molecular weight excluding hydrogens is 328 g/mol. The number of benzene rings is 1. The average Bonchev–Trinajstić information content (AvgIpc) is 2.61. The van der Waals surface area contributed by atoms with E-state index in [1.807, 2.05) is 45.3 Å². The highest BCUT2D eigenvalue weighted by Crippen LogP contribution is 2.22. The van der Waals surface area contributed by atoms with E-state index < -0.39 is 0 Å². The van der Waals surface area contributed by atoms with E-state index in [2.05, 4.69) is 15.2 Å². The first kappa shape index (κ1) is 18.1. The summed E-state index contributed by atoms with van der Waals surface area (Å²) in [6.45, 7) is 3.45. The molecule has 0 aliphatic rings. The summed E-state index contributed by atoms with van der Waals surface area (Å²) in [4.78, 5) is 32.0. The molecular formula is C20H24N4O2. The van der Waals surface area contributed by atoms with Crippen molar-refractivity contribution >= 4 is 27.7 Å². The Labute approximate surface area is 152 Å². The SMILES string of the molecule is Cc1cccc2cc3c(=O)n(C)cc(C(=O)NCCCN(C)C)c3nc12. The van der Waals surface area contributed by atoms with Crippen LogP contribution in [0, 0.1) is 6.92 Å². The number of hydrogen-bond acceptors (Lipinski definition) is 4. The van der Waals surface area contributed by atoms with Crippen molar-refractivity contribution in [2.75, 3.05) is 27.2 Å². The van der Waals surface area contributed by atoms with E-state index in [9.17, 15) is 9.59 Å². The first-order valence-corrected chi connectivity index (χ1v) is 8.71. The Hall–Kier alpha value is -2.73. The number of aromatic nitrogens is 2. The molecule has 0 saturated carbocycles. The fourth-order valence-electron chi connectivity index (χ4n) is 3.08. The maximum absolute atomic E-state index is 12.7. The number of rotatable bonds is 5. The molecule has 0 aliphatic carbocycles. The molecule has 0 fully saturated rings. The van der Waals surface area contributed by atoms with Gasteiger partial charge in [-0.3, -0.25) is 9.59 Å². The van der Waals surface area contributed by atoms with Crippen LogP contribution in [-0.4, -0.2) is 47.5 Å². The van der Waals surface area contributed by atoms with E-state index in [1.165, 1.54) is 4.57 Å². The number of hydrogen-bond donors (Lipinski definition) is 1. The molecule has 1 amide bonds. The van der Waals surface area contributed by atoms with Crippen LogP contribution in [0.3, 0.4) is 0 Å². The van der Waals surface area contributed by atoms with E-state index in [0.29, 0.717) is 23.0 Å². The highest BCUT2D eigenvalue weighted by atomic mass is 16.2. The summed E-state index contributed by atoms with van der Waals surface area (Å²) in [6, 6.07) is 7.68. The van der Waals surface area contributed by atoms with E-state index in [0.717, 1.165) is 29.4 Å². The number of nitrogens with one attached hydrogen (secondary N) is 1. The molecule has 2 heterocycles. The largest absolute Gasteiger partial charge is 0.352 e. The van der Waals surface area contributed by atoms with Crippen LogP contribution >= 0.6 is 0 Å². The van der Waals surface area contributed by atoms with Crippen LogP contribution < -0.4 is 10.9 Å². The maximum Gasteiger partial charge on any atom is 0.259 e. The quantitative estimate of drug-likeness (QED) is 0.564. The van der Waals surface area contributed by atoms with Crippen LogP contribution in [-0.2, 0) is 7.05 Å². The molecule has 0 atom stereocenters. The van der Waals surface area contributed by atoms with Crippen molar-refractivity contribution in [3.05, 3.63) is 51.9 Å². The Morgan fingerprint density at radius 1 is 1.27 bits per heavy atom. The van der Waals surface area contributed by atoms with Gasteiger partial charge in [0.2, 0.25) is 0 Å². The molecule has 0 spiro atoms. The van der Waals surface area contributed by atoms with E-state index in [4.69, 9.17) is 0 Å². The summed E-state index contributed by atoms with van der Waals surface area (Å²) in [5.41, 5.74) is 2.56. The van der Waals surface area contributed by atoms with Crippen LogP contribution in [0.25, 0.3) is 21.8 Å². The number of aryl methyl sites for hydroxylation is 2. The predicted molar refractivity (Wildman–Crippen MR) is 105 cm³/mol. The fraction of sp³-hybridized carbons (Fsp3) is 0.350. The van der Waals surface area contributed by atoms with E-state index in [-0.39, 0.29) is 11.5 Å². The van der Waals surface area contributed by atoms with Gasteiger partial charge in [-0.25, -0.2) is 4.98 Å². The van der Waals surface area contributed by atoms with Crippen LogP contribution in [0.15, 0.2) is 35.3 Å². The molecule has 0 radical (unpaired) electrons. The number of para-hydroxylation sites is 1. The molecule has 6 nitrogen and oxygen atoms in total. The molecule has 0 unspecified atom stereocenters. The van der Waals surface area contributed by atoms with Gasteiger partial charge in [0.15, 0.2) is 0 Å². The monoisotopic (exact) mass is 352 g/mol. The minimum Gasteiger partial charge on any atom is -0.352 e. The molecule has 6 heteroatoms. The lowest BCUT2D eigenvalue weighted by Crippen LogP contribution is -2.29. The van der Waals surface area contributed by atoms with Gasteiger partial charge in [-0.15, -0.1) is 0 Å². The second-order valence-electron chi connectivity index (χ2n) is 6.90. The lowest BCUT2D eigenvalue weighted by molar-refractivity contribution is 0.0953. The normalized spacial score (nSPS) is 11.4. The minimum atomic E-state index is -0.204. The molecule has 3 aromatic rings. The molecule has 0 aliphatic heterocycles. The van der Waals surface area contributed by atoms with Crippen molar-refractivity contribution in [2.45, 2.75) is 13.3 Å². The average molecular weight is 352 g/mol. The van der Waals surface area contributed by atoms with Crippen LogP contribution in [0.5, 0.6) is 0 Å².